The van der Waals surface area contributed by atoms with Crippen molar-refractivity contribution in [2.45, 2.75) is 75.9 Å². The van der Waals surface area contributed by atoms with Gasteiger partial charge >= 0.3 is 12.2 Å². The molecular weight excluding hydrogens is 418 g/mol. The van der Waals surface area contributed by atoms with Crippen LogP contribution in [0.1, 0.15) is 57.8 Å². The van der Waals surface area contributed by atoms with Gasteiger partial charge in [0.15, 0.2) is 0 Å². The zero-order valence-corrected chi connectivity index (χ0v) is 19.1. The Labute approximate surface area is 190 Å². The van der Waals surface area contributed by atoms with Crippen molar-refractivity contribution in [1.29, 1.82) is 0 Å². The highest BCUT2D eigenvalue weighted by Crippen LogP contribution is 2.06. The lowest BCUT2D eigenvalue weighted by Gasteiger charge is -2.22. The molecule has 0 saturated heterocycles. The minimum atomic E-state index is -0.922. The van der Waals surface area contributed by atoms with E-state index in [4.69, 9.17) is 38.1 Å². The van der Waals surface area contributed by atoms with Crippen LogP contribution in [-0.4, -0.2) is 69.1 Å². The fraction of sp³-hybridized carbons (Fsp3) is 0.850. The summed E-state index contributed by atoms with van der Waals surface area (Å²) in [6.45, 7) is 1.52. The van der Waals surface area contributed by atoms with Crippen molar-refractivity contribution >= 4 is 18.1 Å². The summed E-state index contributed by atoms with van der Waals surface area (Å²) in [6.07, 6.45) is 4.70. The second-order valence-corrected chi connectivity index (χ2v) is 7.74. The number of nitrogens with one attached hydrogen (secondary N) is 2. The largest absolute Gasteiger partial charge is 0.448 e. The fourth-order valence-electron chi connectivity index (χ4n) is 2.98. The third kappa shape index (κ3) is 16.5. The standard InChI is InChI=1S/C20H43N7O5/c21-10-4-1-7-15(26-18(28)17(24)9-3-6-12-23)14-32-20(30)27-16(8-2-5-11-22)13-31-19(25)29/h15-17H,1-14,21-24H2,(H2,25,29)(H,26,28)(H,27,30)/t15-,16+,17-/m1/s1. The number of rotatable bonds is 19. The van der Waals surface area contributed by atoms with E-state index in [1.807, 2.05) is 0 Å². The normalized spacial score (nSPS) is 13.6. The van der Waals surface area contributed by atoms with E-state index in [0.717, 1.165) is 38.5 Å². The van der Waals surface area contributed by atoms with E-state index in [1.54, 1.807) is 0 Å². The number of amides is 3. The summed E-state index contributed by atoms with van der Waals surface area (Å²) in [5.41, 5.74) is 27.4. The first-order valence-corrected chi connectivity index (χ1v) is 11.4. The van der Waals surface area contributed by atoms with Crippen LogP contribution in [0.15, 0.2) is 0 Å². The van der Waals surface area contributed by atoms with Gasteiger partial charge in [-0.15, -0.1) is 0 Å². The lowest BCUT2D eigenvalue weighted by molar-refractivity contribution is -0.123. The molecule has 12 N–H and O–H groups in total. The quantitative estimate of drug-likeness (QED) is 0.121. The number of unbranched alkanes of at least 4 members (excludes halogenated alkanes) is 3. The Kier molecular flexibility index (Phi) is 18.2. The van der Waals surface area contributed by atoms with Gasteiger partial charge in [0.25, 0.3) is 0 Å². The molecule has 0 radical (unpaired) electrons. The third-order valence-corrected chi connectivity index (χ3v) is 4.83. The highest BCUT2D eigenvalue weighted by atomic mass is 16.6. The van der Waals surface area contributed by atoms with Gasteiger partial charge in [0.05, 0.1) is 18.1 Å². The molecule has 12 heteroatoms. The first-order chi connectivity index (χ1) is 15.3. The van der Waals surface area contributed by atoms with Gasteiger partial charge in [0, 0.05) is 0 Å². The van der Waals surface area contributed by atoms with Crippen molar-refractivity contribution in [3.63, 3.8) is 0 Å². The maximum Gasteiger partial charge on any atom is 0.407 e. The first-order valence-electron chi connectivity index (χ1n) is 11.4. The van der Waals surface area contributed by atoms with Gasteiger partial charge < -0.3 is 48.8 Å². The molecule has 12 nitrogen and oxygen atoms in total. The minimum Gasteiger partial charge on any atom is -0.448 e. The summed E-state index contributed by atoms with van der Waals surface area (Å²) in [5.74, 6) is -0.293. The van der Waals surface area contributed by atoms with Crippen molar-refractivity contribution in [2.75, 3.05) is 32.8 Å². The molecule has 0 aliphatic rings. The van der Waals surface area contributed by atoms with E-state index < -0.39 is 30.3 Å². The highest BCUT2D eigenvalue weighted by Gasteiger charge is 2.20. The molecule has 0 aromatic carbocycles. The lowest BCUT2D eigenvalue weighted by atomic mass is 10.1. The molecule has 0 heterocycles. The Morgan fingerprint density at radius 2 is 1.16 bits per heavy atom. The van der Waals surface area contributed by atoms with Crippen LogP contribution in [0.3, 0.4) is 0 Å². The summed E-state index contributed by atoms with van der Waals surface area (Å²) in [5, 5.41) is 5.51. The molecule has 188 valence electrons. The SMILES string of the molecule is NCCCC[C@@H](COC(N)=O)NC(=O)OC[C@@H](CCCCN)NC(=O)[C@H](N)CCCCN. The predicted octanol–water partition coefficient (Wildman–Crippen LogP) is -0.624. The average molecular weight is 462 g/mol. The second kappa shape index (κ2) is 19.5. The third-order valence-electron chi connectivity index (χ3n) is 4.83. The van der Waals surface area contributed by atoms with Gasteiger partial charge in [-0.05, 0) is 58.2 Å². The number of alkyl carbamates (subject to hydrolysis) is 1. The first kappa shape index (κ1) is 29.9. The lowest BCUT2D eigenvalue weighted by Crippen LogP contribution is -2.48. The van der Waals surface area contributed by atoms with Crippen molar-refractivity contribution in [2.24, 2.45) is 28.7 Å². The number of primary amides is 1. The average Bonchev–Trinajstić information content (AvgIpc) is 2.75. The molecule has 0 aliphatic heterocycles. The molecule has 0 spiro atoms. The molecule has 0 aromatic rings. The molecular formula is C20H43N7O5. The van der Waals surface area contributed by atoms with Crippen molar-refractivity contribution < 1.29 is 23.9 Å². The number of nitrogens with two attached hydrogens (primary N) is 5. The van der Waals surface area contributed by atoms with Gasteiger partial charge in [0.2, 0.25) is 5.91 Å². The number of hydrogen-bond donors (Lipinski definition) is 7. The van der Waals surface area contributed by atoms with Crippen molar-refractivity contribution in [1.82, 2.24) is 10.6 Å². The van der Waals surface area contributed by atoms with Crippen molar-refractivity contribution in [3.05, 3.63) is 0 Å². The molecule has 0 fully saturated rings. The van der Waals surface area contributed by atoms with Gasteiger partial charge in [-0.3, -0.25) is 4.79 Å². The van der Waals surface area contributed by atoms with Crippen LogP contribution in [0, 0.1) is 0 Å². The van der Waals surface area contributed by atoms with Gasteiger partial charge in [-0.25, -0.2) is 9.59 Å². The van der Waals surface area contributed by atoms with Crippen LogP contribution in [0.2, 0.25) is 0 Å². The van der Waals surface area contributed by atoms with Crippen LogP contribution in [0.25, 0.3) is 0 Å². The second-order valence-electron chi connectivity index (χ2n) is 7.74. The Hall–Kier alpha value is -2.15. The molecule has 0 saturated carbocycles. The van der Waals surface area contributed by atoms with E-state index in [2.05, 4.69) is 10.6 Å². The van der Waals surface area contributed by atoms with Crippen LogP contribution >= 0.6 is 0 Å². The molecule has 0 aliphatic carbocycles. The van der Waals surface area contributed by atoms with Gasteiger partial charge in [-0.2, -0.15) is 0 Å². The van der Waals surface area contributed by atoms with Crippen LogP contribution < -0.4 is 39.3 Å². The topological polar surface area (TPSA) is 224 Å². The molecule has 0 aromatic heterocycles. The fourth-order valence-corrected chi connectivity index (χ4v) is 2.98. The maximum absolute atomic E-state index is 12.4. The Morgan fingerprint density at radius 1 is 0.688 bits per heavy atom. The molecule has 32 heavy (non-hydrogen) atoms. The van der Waals surface area contributed by atoms with E-state index in [-0.39, 0.29) is 19.1 Å². The van der Waals surface area contributed by atoms with E-state index in [1.165, 1.54) is 0 Å². The number of ether oxygens (including phenoxy) is 2. The Morgan fingerprint density at radius 3 is 1.66 bits per heavy atom. The van der Waals surface area contributed by atoms with Crippen LogP contribution in [-0.2, 0) is 14.3 Å². The smallest absolute Gasteiger partial charge is 0.407 e. The zero-order valence-electron chi connectivity index (χ0n) is 19.1. The molecule has 0 bridgehead atoms. The van der Waals surface area contributed by atoms with Crippen LogP contribution in [0.4, 0.5) is 9.59 Å². The molecule has 0 unspecified atom stereocenters. The molecule has 0 rings (SSSR count). The zero-order chi connectivity index (χ0) is 24.2. The summed E-state index contributed by atoms with van der Waals surface area (Å²) >= 11 is 0. The Balaban J connectivity index is 4.69. The highest BCUT2D eigenvalue weighted by molar-refractivity contribution is 5.81. The van der Waals surface area contributed by atoms with E-state index >= 15 is 0 Å². The van der Waals surface area contributed by atoms with E-state index in [0.29, 0.717) is 38.9 Å². The number of carbonyl (C=O) groups is 3. The molecule has 3 atom stereocenters. The minimum absolute atomic E-state index is 0.0239. The summed E-state index contributed by atoms with van der Waals surface area (Å²) in [4.78, 5) is 35.5. The van der Waals surface area contributed by atoms with E-state index in [9.17, 15) is 14.4 Å². The van der Waals surface area contributed by atoms with Gasteiger partial charge in [-0.1, -0.05) is 19.3 Å². The summed E-state index contributed by atoms with van der Waals surface area (Å²) < 4.78 is 10.1. The summed E-state index contributed by atoms with van der Waals surface area (Å²) in [6, 6.07) is -1.49. The molecule has 3 amide bonds. The summed E-state index contributed by atoms with van der Waals surface area (Å²) in [7, 11) is 0. The number of hydrogen-bond acceptors (Lipinski definition) is 9. The number of carbonyl (C=O) groups excluding carboxylic acids is 3. The predicted molar refractivity (Wildman–Crippen MR) is 122 cm³/mol. The van der Waals surface area contributed by atoms with Crippen LogP contribution in [0.5, 0.6) is 0 Å². The maximum atomic E-state index is 12.4. The van der Waals surface area contributed by atoms with Gasteiger partial charge in [0.1, 0.15) is 13.2 Å². The monoisotopic (exact) mass is 461 g/mol. The van der Waals surface area contributed by atoms with Crippen molar-refractivity contribution in [3.8, 4) is 0 Å². The Bertz CT molecular complexity index is 525.